The van der Waals surface area contributed by atoms with Crippen LogP contribution < -0.4 is 5.32 Å². The molecule has 1 N–H and O–H groups in total. The lowest BCUT2D eigenvalue weighted by atomic mass is 10.1. The van der Waals surface area contributed by atoms with Crippen molar-refractivity contribution in [2.75, 3.05) is 5.32 Å². The van der Waals surface area contributed by atoms with Gasteiger partial charge in [0.1, 0.15) is 0 Å². The van der Waals surface area contributed by atoms with E-state index < -0.39 is 29.6 Å². The summed E-state index contributed by atoms with van der Waals surface area (Å²) in [6, 6.07) is 12.0. The molecule has 1 fully saturated rings. The lowest BCUT2D eigenvalue weighted by Crippen LogP contribution is -2.30. The summed E-state index contributed by atoms with van der Waals surface area (Å²) in [6.45, 7) is 1.41. The third-order valence-electron chi connectivity index (χ3n) is 4.79. The third kappa shape index (κ3) is 4.08. The number of anilines is 1. The van der Waals surface area contributed by atoms with Crippen molar-refractivity contribution < 1.29 is 23.1 Å². The molecule has 0 radical (unpaired) electrons. The van der Waals surface area contributed by atoms with Gasteiger partial charge in [-0.2, -0.15) is 0 Å². The molecule has 5 nitrogen and oxygen atoms in total. The summed E-state index contributed by atoms with van der Waals surface area (Å²) in [6.07, 6.45) is 0.937. The quantitative estimate of drug-likeness (QED) is 0.642. The predicted octanol–water partition coefficient (Wildman–Crippen LogP) is 4.57. The smallest absolute Gasteiger partial charge is 0.339 e. The van der Waals surface area contributed by atoms with E-state index in [9.17, 15) is 18.4 Å². The highest BCUT2D eigenvalue weighted by molar-refractivity contribution is 6.05. The fourth-order valence-electron chi connectivity index (χ4n) is 3.05. The monoisotopic (exact) mass is 396 g/mol. The van der Waals surface area contributed by atoms with Crippen LogP contribution in [0.5, 0.6) is 0 Å². The van der Waals surface area contributed by atoms with Gasteiger partial charge in [0.15, 0.2) is 17.7 Å². The van der Waals surface area contributed by atoms with Crippen LogP contribution in [0.15, 0.2) is 48.5 Å². The topological polar surface area (TPSA) is 68.3 Å². The van der Waals surface area contributed by atoms with Gasteiger partial charge in [-0.05, 0) is 44.0 Å². The highest BCUT2D eigenvalue weighted by Gasteiger charge is 2.28. The molecule has 1 aliphatic carbocycles. The fourth-order valence-corrected chi connectivity index (χ4v) is 3.05. The Hall–Kier alpha value is -3.35. The lowest BCUT2D eigenvalue weighted by Gasteiger charge is -2.15. The third-order valence-corrected chi connectivity index (χ3v) is 4.79. The Bertz CT molecular complexity index is 1110. The van der Waals surface area contributed by atoms with E-state index in [0.717, 1.165) is 30.7 Å². The number of para-hydroxylation sites is 1. The number of nitrogens with zero attached hydrogens (tertiary/aromatic N) is 1. The molecule has 4 rings (SSSR count). The van der Waals surface area contributed by atoms with Crippen molar-refractivity contribution >= 4 is 28.5 Å². The van der Waals surface area contributed by atoms with E-state index >= 15 is 0 Å². The van der Waals surface area contributed by atoms with Crippen molar-refractivity contribution in [3.8, 4) is 0 Å². The van der Waals surface area contributed by atoms with Crippen molar-refractivity contribution in [3.63, 3.8) is 0 Å². The number of hydrogen-bond acceptors (Lipinski definition) is 4. The van der Waals surface area contributed by atoms with E-state index in [1.54, 1.807) is 18.2 Å². The van der Waals surface area contributed by atoms with Crippen molar-refractivity contribution in [1.82, 2.24) is 4.98 Å². The Morgan fingerprint density at radius 2 is 1.86 bits per heavy atom. The molecule has 0 bridgehead atoms. The molecule has 29 heavy (non-hydrogen) atoms. The summed E-state index contributed by atoms with van der Waals surface area (Å²) in [7, 11) is 0. The number of carbonyl (C=O) groups excluding carboxylic acids is 2. The second-order valence-corrected chi connectivity index (χ2v) is 7.05. The van der Waals surface area contributed by atoms with E-state index in [1.807, 2.05) is 12.1 Å². The van der Waals surface area contributed by atoms with E-state index in [-0.39, 0.29) is 5.69 Å². The zero-order chi connectivity index (χ0) is 20.5. The molecule has 0 saturated heterocycles. The minimum absolute atomic E-state index is 0.0715. The predicted molar refractivity (Wildman–Crippen MR) is 104 cm³/mol. The Labute approximate surface area is 165 Å². The summed E-state index contributed by atoms with van der Waals surface area (Å²) >= 11 is 0. The van der Waals surface area contributed by atoms with Crippen LogP contribution in [-0.4, -0.2) is 23.0 Å². The van der Waals surface area contributed by atoms with Crippen LogP contribution in [0.25, 0.3) is 10.9 Å². The molecule has 0 aliphatic heterocycles. The fraction of sp³-hybridized carbons (Fsp3) is 0.227. The van der Waals surface area contributed by atoms with Crippen LogP contribution in [0.2, 0.25) is 0 Å². The highest BCUT2D eigenvalue weighted by atomic mass is 19.2. The standard InChI is InChI=1S/C22H18F2N2O3/c1-12(21(27)25-14-8-9-17(23)18(24)10-14)29-22(28)16-11-20(13-6-7-13)26-19-5-3-2-4-15(16)19/h2-5,8-13H,6-7H2,1H3,(H,25,27)/t12-/m1/s1. The number of pyridine rings is 1. The average Bonchev–Trinajstić information content (AvgIpc) is 3.55. The maximum Gasteiger partial charge on any atom is 0.339 e. The summed E-state index contributed by atoms with van der Waals surface area (Å²) in [5.41, 5.74) is 1.96. The van der Waals surface area contributed by atoms with Crippen LogP contribution in [-0.2, 0) is 9.53 Å². The zero-order valence-electron chi connectivity index (χ0n) is 15.6. The molecule has 148 valence electrons. The number of amides is 1. The molecular formula is C22H18F2N2O3. The summed E-state index contributed by atoms with van der Waals surface area (Å²) in [4.78, 5) is 29.7. The van der Waals surface area contributed by atoms with Gasteiger partial charge < -0.3 is 10.1 Å². The number of nitrogens with one attached hydrogen (secondary N) is 1. The van der Waals surface area contributed by atoms with E-state index in [2.05, 4.69) is 10.3 Å². The zero-order valence-corrected chi connectivity index (χ0v) is 15.6. The Balaban J connectivity index is 1.52. The van der Waals surface area contributed by atoms with Gasteiger partial charge in [0.25, 0.3) is 5.91 Å². The van der Waals surface area contributed by atoms with Crippen molar-refractivity contribution in [2.24, 2.45) is 0 Å². The first-order valence-electron chi connectivity index (χ1n) is 9.29. The first-order valence-corrected chi connectivity index (χ1v) is 9.29. The maximum atomic E-state index is 13.3. The molecule has 1 amide bonds. The van der Waals surface area contributed by atoms with E-state index in [0.29, 0.717) is 22.4 Å². The summed E-state index contributed by atoms with van der Waals surface area (Å²) < 4.78 is 31.7. The molecule has 0 spiro atoms. The number of halogens is 2. The molecule has 1 saturated carbocycles. The first kappa shape index (κ1) is 19.0. The minimum atomic E-state index is -1.13. The van der Waals surface area contributed by atoms with Gasteiger partial charge in [-0.1, -0.05) is 18.2 Å². The molecule has 1 heterocycles. The van der Waals surface area contributed by atoms with Crippen LogP contribution in [0, 0.1) is 11.6 Å². The van der Waals surface area contributed by atoms with Crippen molar-refractivity contribution in [1.29, 1.82) is 0 Å². The SMILES string of the molecule is C[C@@H](OC(=O)c1cc(C2CC2)nc2ccccc12)C(=O)Nc1ccc(F)c(F)c1. The summed E-state index contributed by atoms with van der Waals surface area (Å²) in [5, 5.41) is 3.06. The lowest BCUT2D eigenvalue weighted by molar-refractivity contribution is -0.123. The number of fused-ring (bicyclic) bond motifs is 1. The maximum absolute atomic E-state index is 13.3. The Morgan fingerprint density at radius 1 is 1.10 bits per heavy atom. The number of esters is 1. The number of aromatic nitrogens is 1. The largest absolute Gasteiger partial charge is 0.449 e. The van der Waals surface area contributed by atoms with Gasteiger partial charge >= 0.3 is 5.97 Å². The molecule has 3 aromatic rings. The van der Waals surface area contributed by atoms with Gasteiger partial charge in [0.05, 0.1) is 11.1 Å². The van der Waals surface area contributed by atoms with Crippen molar-refractivity contribution in [2.45, 2.75) is 31.8 Å². The van der Waals surface area contributed by atoms with E-state index in [4.69, 9.17) is 4.74 Å². The highest BCUT2D eigenvalue weighted by Crippen LogP contribution is 2.40. The molecule has 1 aliphatic rings. The van der Waals surface area contributed by atoms with E-state index in [1.165, 1.54) is 13.0 Å². The minimum Gasteiger partial charge on any atom is -0.449 e. The molecular weight excluding hydrogens is 378 g/mol. The molecule has 1 atom stereocenters. The Kier molecular flexibility index (Phi) is 4.96. The van der Waals surface area contributed by atoms with Gasteiger partial charge in [0.2, 0.25) is 0 Å². The molecule has 7 heteroatoms. The normalized spacial score (nSPS) is 14.4. The summed E-state index contributed by atoms with van der Waals surface area (Å²) in [5.74, 6) is -3.04. The van der Waals surface area contributed by atoms with Gasteiger partial charge in [-0.3, -0.25) is 9.78 Å². The van der Waals surface area contributed by atoms with Gasteiger partial charge in [-0.15, -0.1) is 0 Å². The van der Waals surface area contributed by atoms with Gasteiger partial charge in [0, 0.05) is 28.8 Å². The molecule has 0 unspecified atom stereocenters. The molecule has 2 aromatic carbocycles. The van der Waals surface area contributed by atoms with Crippen LogP contribution in [0.1, 0.15) is 41.7 Å². The van der Waals surface area contributed by atoms with Crippen LogP contribution >= 0.6 is 0 Å². The number of rotatable bonds is 5. The Morgan fingerprint density at radius 3 is 2.59 bits per heavy atom. The van der Waals surface area contributed by atoms with Gasteiger partial charge in [-0.25, -0.2) is 13.6 Å². The van der Waals surface area contributed by atoms with Crippen LogP contribution in [0.4, 0.5) is 14.5 Å². The van der Waals surface area contributed by atoms with Crippen LogP contribution in [0.3, 0.4) is 0 Å². The number of benzene rings is 2. The number of hydrogen-bond donors (Lipinski definition) is 1. The second-order valence-electron chi connectivity index (χ2n) is 7.05. The number of ether oxygens (including phenoxy) is 1. The van der Waals surface area contributed by atoms with Crippen molar-refractivity contribution in [3.05, 3.63) is 71.4 Å². The average molecular weight is 396 g/mol. The molecule has 1 aromatic heterocycles. The number of carbonyl (C=O) groups is 2. The second kappa shape index (κ2) is 7.58. The first-order chi connectivity index (χ1) is 13.9.